The van der Waals surface area contributed by atoms with Crippen molar-refractivity contribution in [3.05, 3.63) is 30.1 Å². The number of nitrogens with one attached hydrogen (secondary N) is 2. The van der Waals surface area contributed by atoms with E-state index in [2.05, 4.69) is 41.4 Å². The first-order valence-electron chi connectivity index (χ1n) is 6.50. The predicted octanol–water partition coefficient (Wildman–Crippen LogP) is 2.45. The maximum absolute atomic E-state index is 4.29. The van der Waals surface area contributed by atoms with Gasteiger partial charge in [-0.1, -0.05) is 19.9 Å². The van der Waals surface area contributed by atoms with Gasteiger partial charge in [-0.05, 0) is 25.0 Å². The number of pyridine rings is 1. The average molecular weight is 376 g/mol. The molecule has 19 heavy (non-hydrogen) atoms. The third-order valence-corrected chi connectivity index (χ3v) is 2.99. The number of hydrogen-bond donors (Lipinski definition) is 2. The molecule has 0 aliphatic carbocycles. The summed E-state index contributed by atoms with van der Waals surface area (Å²) in [6.45, 7) is 7.38. The van der Waals surface area contributed by atoms with Gasteiger partial charge in [0.25, 0.3) is 0 Å². The lowest BCUT2D eigenvalue weighted by Crippen LogP contribution is -2.44. The fourth-order valence-corrected chi connectivity index (χ4v) is 1.43. The lowest BCUT2D eigenvalue weighted by Gasteiger charge is -2.20. The second-order valence-corrected chi connectivity index (χ2v) is 4.75. The zero-order chi connectivity index (χ0) is 13.4. The van der Waals surface area contributed by atoms with Gasteiger partial charge in [-0.15, -0.1) is 24.0 Å². The van der Waals surface area contributed by atoms with Gasteiger partial charge in [-0.3, -0.25) is 9.98 Å². The van der Waals surface area contributed by atoms with E-state index in [1.165, 1.54) is 0 Å². The molecule has 4 nitrogen and oxygen atoms in total. The molecule has 0 saturated carbocycles. The summed E-state index contributed by atoms with van der Waals surface area (Å²) in [5.41, 5.74) is 1.09. The van der Waals surface area contributed by atoms with Crippen molar-refractivity contribution in [2.45, 2.75) is 33.2 Å². The molecule has 108 valence electrons. The minimum absolute atomic E-state index is 0. The SMILES string of the molecule is CN=C(NCCc1ccccn1)NC(C)C(C)C.I. The van der Waals surface area contributed by atoms with Crippen molar-refractivity contribution in [1.29, 1.82) is 0 Å². The molecular weight excluding hydrogens is 351 g/mol. The van der Waals surface area contributed by atoms with E-state index in [0.717, 1.165) is 24.6 Å². The minimum Gasteiger partial charge on any atom is -0.356 e. The third-order valence-electron chi connectivity index (χ3n) is 2.99. The topological polar surface area (TPSA) is 49.3 Å². The van der Waals surface area contributed by atoms with Crippen molar-refractivity contribution in [3.8, 4) is 0 Å². The van der Waals surface area contributed by atoms with Crippen LogP contribution in [0.5, 0.6) is 0 Å². The summed E-state index contributed by atoms with van der Waals surface area (Å²) in [6.07, 6.45) is 2.72. The standard InChI is InChI=1S/C14H24N4.HI/c1-11(2)12(3)18-14(15-4)17-10-8-13-7-5-6-9-16-13;/h5-7,9,11-12H,8,10H2,1-4H3,(H2,15,17,18);1H. The highest BCUT2D eigenvalue weighted by Gasteiger charge is 2.08. The van der Waals surface area contributed by atoms with Crippen LogP contribution in [0, 0.1) is 5.92 Å². The number of halogens is 1. The monoisotopic (exact) mass is 376 g/mol. The smallest absolute Gasteiger partial charge is 0.191 e. The molecule has 1 atom stereocenters. The lowest BCUT2D eigenvalue weighted by molar-refractivity contribution is 0.481. The summed E-state index contributed by atoms with van der Waals surface area (Å²) in [4.78, 5) is 8.51. The van der Waals surface area contributed by atoms with Crippen molar-refractivity contribution >= 4 is 29.9 Å². The maximum atomic E-state index is 4.29. The van der Waals surface area contributed by atoms with Gasteiger partial charge < -0.3 is 10.6 Å². The number of hydrogen-bond acceptors (Lipinski definition) is 2. The Labute approximate surface area is 133 Å². The second-order valence-electron chi connectivity index (χ2n) is 4.75. The Morgan fingerprint density at radius 2 is 2.05 bits per heavy atom. The number of rotatable bonds is 5. The molecule has 1 unspecified atom stereocenters. The first-order valence-corrected chi connectivity index (χ1v) is 6.50. The highest BCUT2D eigenvalue weighted by Crippen LogP contribution is 1.99. The number of aliphatic imine (C=N–C) groups is 1. The molecular formula is C14H25IN4. The van der Waals surface area contributed by atoms with Crippen LogP contribution in [0.4, 0.5) is 0 Å². The molecule has 0 fully saturated rings. The fraction of sp³-hybridized carbons (Fsp3) is 0.571. The lowest BCUT2D eigenvalue weighted by atomic mass is 10.1. The van der Waals surface area contributed by atoms with E-state index in [1.807, 2.05) is 24.4 Å². The van der Waals surface area contributed by atoms with E-state index in [9.17, 15) is 0 Å². The molecule has 0 aliphatic rings. The van der Waals surface area contributed by atoms with Crippen molar-refractivity contribution in [3.63, 3.8) is 0 Å². The molecule has 2 N–H and O–H groups in total. The number of aromatic nitrogens is 1. The number of nitrogens with zero attached hydrogens (tertiary/aromatic N) is 2. The molecule has 0 amide bonds. The second kappa shape index (κ2) is 10.00. The molecule has 5 heteroatoms. The fourth-order valence-electron chi connectivity index (χ4n) is 1.43. The van der Waals surface area contributed by atoms with Crippen molar-refractivity contribution in [1.82, 2.24) is 15.6 Å². The van der Waals surface area contributed by atoms with E-state index in [0.29, 0.717) is 12.0 Å². The van der Waals surface area contributed by atoms with Crippen molar-refractivity contribution < 1.29 is 0 Å². The van der Waals surface area contributed by atoms with Crippen LogP contribution in [0.3, 0.4) is 0 Å². The van der Waals surface area contributed by atoms with Gasteiger partial charge in [0.15, 0.2) is 5.96 Å². The van der Waals surface area contributed by atoms with E-state index >= 15 is 0 Å². The van der Waals surface area contributed by atoms with Crippen LogP contribution in [0.1, 0.15) is 26.5 Å². The Morgan fingerprint density at radius 1 is 1.32 bits per heavy atom. The highest BCUT2D eigenvalue weighted by molar-refractivity contribution is 14.0. The van der Waals surface area contributed by atoms with Gasteiger partial charge in [0.05, 0.1) is 0 Å². The van der Waals surface area contributed by atoms with Crippen molar-refractivity contribution in [2.24, 2.45) is 10.9 Å². The Kier molecular flexibility index (Phi) is 9.55. The zero-order valence-electron chi connectivity index (χ0n) is 12.2. The highest BCUT2D eigenvalue weighted by atomic mass is 127. The molecule has 0 saturated heterocycles. The van der Waals surface area contributed by atoms with E-state index in [4.69, 9.17) is 0 Å². The molecule has 0 aromatic carbocycles. The van der Waals surface area contributed by atoms with Gasteiger partial charge in [0.2, 0.25) is 0 Å². The average Bonchev–Trinajstić information content (AvgIpc) is 2.38. The summed E-state index contributed by atoms with van der Waals surface area (Å²) in [5, 5.41) is 6.67. The Morgan fingerprint density at radius 3 is 2.58 bits per heavy atom. The largest absolute Gasteiger partial charge is 0.356 e. The normalized spacial score (nSPS) is 12.8. The summed E-state index contributed by atoms with van der Waals surface area (Å²) >= 11 is 0. The van der Waals surface area contributed by atoms with Gasteiger partial charge in [0.1, 0.15) is 0 Å². The molecule has 1 rings (SSSR count). The molecule has 1 aromatic rings. The van der Waals surface area contributed by atoms with E-state index < -0.39 is 0 Å². The summed E-state index contributed by atoms with van der Waals surface area (Å²) in [7, 11) is 1.79. The van der Waals surface area contributed by atoms with E-state index in [-0.39, 0.29) is 24.0 Å². The van der Waals surface area contributed by atoms with Crippen LogP contribution >= 0.6 is 24.0 Å². The maximum Gasteiger partial charge on any atom is 0.191 e. The van der Waals surface area contributed by atoms with Gasteiger partial charge in [0, 0.05) is 37.9 Å². The van der Waals surface area contributed by atoms with Crippen LogP contribution in [0.15, 0.2) is 29.4 Å². The van der Waals surface area contributed by atoms with Gasteiger partial charge in [-0.2, -0.15) is 0 Å². The summed E-state index contributed by atoms with van der Waals surface area (Å²) in [5.74, 6) is 1.44. The summed E-state index contributed by atoms with van der Waals surface area (Å²) < 4.78 is 0. The zero-order valence-corrected chi connectivity index (χ0v) is 14.5. The van der Waals surface area contributed by atoms with Gasteiger partial charge in [-0.25, -0.2) is 0 Å². The number of guanidine groups is 1. The predicted molar refractivity (Wildman–Crippen MR) is 92.2 cm³/mol. The van der Waals surface area contributed by atoms with Crippen LogP contribution in [0.2, 0.25) is 0 Å². The quantitative estimate of drug-likeness (QED) is 0.472. The Balaban J connectivity index is 0.00000324. The first kappa shape index (κ1) is 18.1. The van der Waals surface area contributed by atoms with Crippen LogP contribution < -0.4 is 10.6 Å². The minimum atomic E-state index is 0. The van der Waals surface area contributed by atoms with E-state index in [1.54, 1.807) is 7.05 Å². The van der Waals surface area contributed by atoms with Crippen LogP contribution in [0.25, 0.3) is 0 Å². The molecule has 0 radical (unpaired) electrons. The van der Waals surface area contributed by atoms with Gasteiger partial charge >= 0.3 is 0 Å². The molecule has 0 bridgehead atoms. The Hall–Kier alpha value is -0.850. The molecule has 0 spiro atoms. The molecule has 1 heterocycles. The molecule has 1 aromatic heterocycles. The molecule has 0 aliphatic heterocycles. The first-order chi connectivity index (χ1) is 8.63. The Bertz CT molecular complexity index is 365. The third kappa shape index (κ3) is 7.34. The van der Waals surface area contributed by atoms with Crippen molar-refractivity contribution in [2.75, 3.05) is 13.6 Å². The van der Waals surface area contributed by atoms with Crippen LogP contribution in [-0.4, -0.2) is 30.6 Å². The van der Waals surface area contributed by atoms with Crippen LogP contribution in [-0.2, 0) is 6.42 Å². The summed E-state index contributed by atoms with van der Waals surface area (Å²) in [6, 6.07) is 6.39.